The summed E-state index contributed by atoms with van der Waals surface area (Å²) in [5.74, 6) is 0. The second-order valence-corrected chi connectivity index (χ2v) is 12.1. The highest BCUT2D eigenvalue weighted by molar-refractivity contribution is 6.62. The first-order valence-electron chi connectivity index (χ1n) is 13.9. The molecule has 192 valence electrons. The summed E-state index contributed by atoms with van der Waals surface area (Å²) in [4.78, 5) is 0. The van der Waals surface area contributed by atoms with Crippen molar-refractivity contribution in [1.82, 2.24) is 0 Å². The molecule has 0 saturated carbocycles. The normalized spacial score (nSPS) is 16.6. The average molecular weight is 508 g/mol. The Hall–Kier alpha value is -3.66. The van der Waals surface area contributed by atoms with E-state index < -0.39 is 0 Å². The Morgan fingerprint density at radius 2 is 1.10 bits per heavy atom. The van der Waals surface area contributed by atoms with Crippen molar-refractivity contribution in [2.75, 3.05) is 0 Å². The molecule has 1 aliphatic heterocycles. The summed E-state index contributed by atoms with van der Waals surface area (Å²) in [6, 6.07) is 33.5. The molecule has 1 saturated heterocycles. The third-order valence-corrected chi connectivity index (χ3v) is 9.12. The van der Waals surface area contributed by atoms with Crippen molar-refractivity contribution in [3.8, 4) is 11.1 Å². The Morgan fingerprint density at radius 1 is 0.538 bits per heavy atom. The molecule has 7 rings (SSSR count). The van der Waals surface area contributed by atoms with Crippen molar-refractivity contribution in [3.63, 3.8) is 0 Å². The third kappa shape index (κ3) is 3.64. The quantitative estimate of drug-likeness (QED) is 0.172. The molecule has 1 fully saturated rings. The zero-order chi connectivity index (χ0) is 27.1. The lowest BCUT2D eigenvalue weighted by atomic mass is 9.77. The maximum Gasteiger partial charge on any atom is 0.494 e. The summed E-state index contributed by atoms with van der Waals surface area (Å²) in [6.07, 6.45) is 0. The van der Waals surface area contributed by atoms with Crippen molar-refractivity contribution < 1.29 is 9.31 Å². The molecule has 0 aliphatic carbocycles. The lowest BCUT2D eigenvalue weighted by Crippen LogP contribution is -2.41. The lowest BCUT2D eigenvalue weighted by Gasteiger charge is -2.32. The van der Waals surface area contributed by atoms with Crippen LogP contribution < -0.4 is 5.46 Å². The van der Waals surface area contributed by atoms with Gasteiger partial charge in [0.25, 0.3) is 0 Å². The standard InChI is InChI=1S/C36H33BO2/c1-22-15-17-30-28-18-16-26(37-38-35(3,4)36(5,6)39-37)21-32(28)27-13-9-10-14-29(27)34(30)33(22)31-20-25-12-8-7-11-24(25)19-23(31)2/h7-21H,1-6H3. The molecule has 0 spiro atoms. The second kappa shape index (κ2) is 8.42. The van der Waals surface area contributed by atoms with Crippen LogP contribution in [0.1, 0.15) is 38.8 Å². The molecule has 39 heavy (non-hydrogen) atoms. The number of hydrogen-bond donors (Lipinski definition) is 0. The number of fused-ring (bicyclic) bond motifs is 7. The molecular formula is C36H33BO2. The minimum absolute atomic E-state index is 0.373. The van der Waals surface area contributed by atoms with E-state index in [0.29, 0.717) is 0 Å². The predicted octanol–water partition coefficient (Wildman–Crippen LogP) is 8.88. The monoisotopic (exact) mass is 508 g/mol. The van der Waals surface area contributed by atoms with Gasteiger partial charge in [0.15, 0.2) is 0 Å². The van der Waals surface area contributed by atoms with E-state index in [-0.39, 0.29) is 18.3 Å². The summed E-state index contributed by atoms with van der Waals surface area (Å²) in [7, 11) is -0.386. The fourth-order valence-corrected chi connectivity index (χ4v) is 6.26. The number of benzene rings is 6. The molecule has 0 amide bonds. The first-order chi connectivity index (χ1) is 18.6. The van der Waals surface area contributed by atoms with Gasteiger partial charge in [0.1, 0.15) is 0 Å². The molecule has 0 unspecified atom stereocenters. The molecule has 3 heteroatoms. The molecule has 0 radical (unpaired) electrons. The second-order valence-electron chi connectivity index (χ2n) is 12.1. The van der Waals surface area contributed by atoms with Gasteiger partial charge in [-0.3, -0.25) is 0 Å². The van der Waals surface area contributed by atoms with Gasteiger partial charge in [0.05, 0.1) is 11.2 Å². The summed E-state index contributed by atoms with van der Waals surface area (Å²) in [5, 5.41) is 10.2. The van der Waals surface area contributed by atoms with Gasteiger partial charge in [-0.05, 0) is 118 Å². The van der Waals surface area contributed by atoms with E-state index in [4.69, 9.17) is 9.31 Å². The van der Waals surface area contributed by atoms with Gasteiger partial charge in [-0.2, -0.15) is 0 Å². The number of hydrogen-bond acceptors (Lipinski definition) is 2. The first kappa shape index (κ1) is 24.4. The van der Waals surface area contributed by atoms with Crippen LogP contribution in [0.3, 0.4) is 0 Å². The van der Waals surface area contributed by atoms with Crippen LogP contribution in [0.4, 0.5) is 0 Å². The zero-order valence-electron chi connectivity index (χ0n) is 23.6. The van der Waals surface area contributed by atoms with Crippen molar-refractivity contribution in [1.29, 1.82) is 0 Å². The van der Waals surface area contributed by atoms with E-state index in [1.54, 1.807) is 0 Å². The smallest absolute Gasteiger partial charge is 0.399 e. The Balaban J connectivity index is 1.53. The SMILES string of the molecule is Cc1cc2ccccc2cc1-c1c(C)ccc2c3ccc(B4OC(C)(C)C(C)(C)O4)cc3c3ccccc3c12. The Kier molecular flexibility index (Phi) is 5.27. The Labute approximate surface area is 230 Å². The maximum absolute atomic E-state index is 6.42. The molecule has 0 N–H and O–H groups in total. The number of aryl methyl sites for hydroxylation is 2. The van der Waals surface area contributed by atoms with E-state index in [2.05, 4.69) is 133 Å². The highest BCUT2D eigenvalue weighted by atomic mass is 16.7. The van der Waals surface area contributed by atoms with Gasteiger partial charge in [-0.1, -0.05) is 84.9 Å². The average Bonchev–Trinajstić information content (AvgIpc) is 3.14. The van der Waals surface area contributed by atoms with Gasteiger partial charge in [-0.15, -0.1) is 0 Å². The van der Waals surface area contributed by atoms with Crippen LogP contribution in [0.5, 0.6) is 0 Å². The Bertz CT molecular complexity index is 1910. The topological polar surface area (TPSA) is 18.5 Å². The highest BCUT2D eigenvalue weighted by Gasteiger charge is 2.51. The highest BCUT2D eigenvalue weighted by Crippen LogP contribution is 2.43. The number of rotatable bonds is 2. The molecule has 6 aromatic rings. The molecule has 6 aromatic carbocycles. The minimum atomic E-state index is -0.386. The van der Waals surface area contributed by atoms with Crippen LogP contribution in [0.25, 0.3) is 54.2 Å². The largest absolute Gasteiger partial charge is 0.494 e. The van der Waals surface area contributed by atoms with E-state index in [0.717, 1.165) is 5.46 Å². The first-order valence-corrected chi connectivity index (χ1v) is 13.9. The van der Waals surface area contributed by atoms with E-state index >= 15 is 0 Å². The van der Waals surface area contributed by atoms with Crippen LogP contribution in [-0.2, 0) is 9.31 Å². The summed E-state index contributed by atoms with van der Waals surface area (Å²) in [5.41, 5.74) is 5.52. The van der Waals surface area contributed by atoms with Crippen LogP contribution in [0.15, 0.2) is 91.0 Å². The summed E-state index contributed by atoms with van der Waals surface area (Å²) < 4.78 is 12.8. The molecule has 1 heterocycles. The molecule has 2 nitrogen and oxygen atoms in total. The third-order valence-electron chi connectivity index (χ3n) is 9.12. The van der Waals surface area contributed by atoms with Crippen LogP contribution in [0, 0.1) is 13.8 Å². The van der Waals surface area contributed by atoms with Crippen LogP contribution in [0.2, 0.25) is 0 Å². The van der Waals surface area contributed by atoms with Gasteiger partial charge < -0.3 is 9.31 Å². The summed E-state index contributed by atoms with van der Waals surface area (Å²) >= 11 is 0. The molecule has 0 atom stereocenters. The van der Waals surface area contributed by atoms with Gasteiger partial charge in [0, 0.05) is 0 Å². The van der Waals surface area contributed by atoms with E-state index in [9.17, 15) is 0 Å². The van der Waals surface area contributed by atoms with Crippen molar-refractivity contribution in [2.24, 2.45) is 0 Å². The molecule has 0 bridgehead atoms. The minimum Gasteiger partial charge on any atom is -0.399 e. The van der Waals surface area contributed by atoms with Gasteiger partial charge in [0.2, 0.25) is 0 Å². The molecule has 0 aromatic heterocycles. The van der Waals surface area contributed by atoms with Crippen molar-refractivity contribution >= 4 is 55.7 Å². The predicted molar refractivity (Wildman–Crippen MR) is 167 cm³/mol. The molecular weight excluding hydrogens is 475 g/mol. The van der Waals surface area contributed by atoms with E-state index in [1.807, 2.05) is 0 Å². The van der Waals surface area contributed by atoms with E-state index in [1.165, 1.54) is 65.3 Å². The van der Waals surface area contributed by atoms with Crippen LogP contribution >= 0.6 is 0 Å². The van der Waals surface area contributed by atoms with Gasteiger partial charge >= 0.3 is 7.12 Å². The maximum atomic E-state index is 6.42. The van der Waals surface area contributed by atoms with Gasteiger partial charge in [-0.25, -0.2) is 0 Å². The van der Waals surface area contributed by atoms with Crippen molar-refractivity contribution in [3.05, 3.63) is 102 Å². The Morgan fingerprint density at radius 3 is 1.82 bits per heavy atom. The zero-order valence-corrected chi connectivity index (χ0v) is 23.6. The molecule has 1 aliphatic rings. The van der Waals surface area contributed by atoms with Crippen LogP contribution in [-0.4, -0.2) is 18.3 Å². The fraction of sp³-hybridized carbons (Fsp3) is 0.222. The fourth-order valence-electron chi connectivity index (χ4n) is 6.26. The lowest BCUT2D eigenvalue weighted by molar-refractivity contribution is 0.00578. The van der Waals surface area contributed by atoms with Crippen molar-refractivity contribution in [2.45, 2.75) is 52.7 Å². The summed E-state index contributed by atoms with van der Waals surface area (Å²) in [6.45, 7) is 12.9.